The first-order chi connectivity index (χ1) is 20.9. The van der Waals surface area contributed by atoms with Crippen LogP contribution in [0.5, 0.6) is 0 Å². The lowest BCUT2D eigenvalue weighted by Gasteiger charge is -2.69. The Morgan fingerprint density at radius 3 is 2.31 bits per heavy atom. The van der Waals surface area contributed by atoms with Crippen molar-refractivity contribution >= 4 is 23.5 Å². The predicted octanol–water partition coefficient (Wildman–Crippen LogP) is 8.28. The first-order valence-electron chi connectivity index (χ1n) is 16.6. The third kappa shape index (κ3) is 4.55. The van der Waals surface area contributed by atoms with Crippen molar-refractivity contribution in [2.75, 3.05) is 0 Å². The maximum atomic E-state index is 14.7. The number of carbonyl (C=O) groups is 3. The van der Waals surface area contributed by atoms with Gasteiger partial charge in [0, 0.05) is 28.4 Å². The first kappa shape index (κ1) is 31.6. The second-order valence-corrected chi connectivity index (χ2v) is 16.8. The summed E-state index contributed by atoms with van der Waals surface area (Å²) in [6.45, 7) is 23.1. The highest BCUT2D eigenvalue weighted by Gasteiger charge is 2.69. The van der Waals surface area contributed by atoms with Crippen LogP contribution in [0.3, 0.4) is 0 Å². The van der Waals surface area contributed by atoms with Crippen LogP contribution in [0.1, 0.15) is 99.0 Å². The highest BCUT2D eigenvalue weighted by Crippen LogP contribution is 2.73. The van der Waals surface area contributed by atoms with Gasteiger partial charge >= 0.3 is 0 Å². The van der Waals surface area contributed by atoms with Gasteiger partial charge in [-0.1, -0.05) is 72.2 Å². The van der Waals surface area contributed by atoms with Crippen LogP contribution < -0.4 is 5.32 Å². The average Bonchev–Trinajstić information content (AvgIpc) is 2.96. The van der Waals surface area contributed by atoms with E-state index in [2.05, 4.69) is 44.8 Å². The van der Waals surface area contributed by atoms with Gasteiger partial charge < -0.3 is 10.1 Å². The van der Waals surface area contributed by atoms with Gasteiger partial charge in [0.25, 0.3) is 0 Å². The normalized spacial score (nSPS) is 39.8. The molecular formula is C39H47FN2O3. The summed E-state index contributed by atoms with van der Waals surface area (Å²) in [4.78, 5) is 45.2. The average molecular weight is 611 g/mol. The first-order valence-corrected chi connectivity index (χ1v) is 16.6. The fourth-order valence-electron chi connectivity index (χ4n) is 10.9. The van der Waals surface area contributed by atoms with Crippen LogP contribution in [0.25, 0.3) is 10.9 Å². The molecule has 5 aliphatic rings. The summed E-state index contributed by atoms with van der Waals surface area (Å²) in [5.41, 5.74) is -0.298. The molecule has 0 saturated heterocycles. The number of hydrogen-bond donors (Lipinski definition) is 1. The molecule has 0 aliphatic heterocycles. The van der Waals surface area contributed by atoms with Crippen LogP contribution in [0, 0.1) is 57.2 Å². The molecule has 0 radical (unpaired) electrons. The van der Waals surface area contributed by atoms with E-state index in [-0.39, 0.29) is 63.0 Å². The van der Waals surface area contributed by atoms with E-state index in [1.807, 2.05) is 26.0 Å². The minimum atomic E-state index is -0.687. The number of rotatable bonds is 3. The molecule has 5 nitrogen and oxygen atoms in total. The van der Waals surface area contributed by atoms with Crippen LogP contribution in [0.15, 0.2) is 53.8 Å². The number of allylic oxidation sites excluding steroid dienone is 4. The van der Waals surface area contributed by atoms with Crippen molar-refractivity contribution in [3.63, 3.8) is 0 Å². The topological polar surface area (TPSA) is 67.6 Å². The number of benzene rings is 1. The van der Waals surface area contributed by atoms with Crippen molar-refractivity contribution in [2.24, 2.45) is 44.8 Å². The molecular weight excluding hydrogens is 563 g/mol. The summed E-state index contributed by atoms with van der Waals surface area (Å²) in [6.07, 6.45) is 13.0. The fraction of sp³-hybridized carbons (Fsp3) is 0.590. The Bertz CT molecular complexity index is 1610. The number of carbonyl (C=O) groups excluding carboxylic acids is 3. The smallest absolute Gasteiger partial charge is 0.244 e. The third-order valence-corrected chi connectivity index (χ3v) is 13.5. The third-order valence-electron chi connectivity index (χ3n) is 13.5. The Morgan fingerprint density at radius 1 is 0.978 bits per heavy atom. The number of hydrogen-bond acceptors (Lipinski definition) is 3. The Morgan fingerprint density at radius 2 is 1.64 bits per heavy atom. The minimum absolute atomic E-state index is 0.0127. The van der Waals surface area contributed by atoms with Gasteiger partial charge in [0.15, 0.2) is 11.6 Å². The summed E-state index contributed by atoms with van der Waals surface area (Å²) < 4.78 is 13.4. The zero-order valence-electron chi connectivity index (χ0n) is 27.9. The molecule has 6 heteroatoms. The lowest BCUT2D eigenvalue weighted by molar-refractivity contribution is -0.163. The standard InChI is InChI=1S/C39H47FN2O3/c1-34(2)17-19-39(42-31(44)14-11-24-9-12-25(40)13-10-24)20-18-38(7)32(26(39)22-34)28(43)21-30-36(5)23-27(41-8)33(45)35(3,4)29(36)15-16-37(30,38)6/h9-14,21,23,26,29,32H,15-20,22H2,1-7H3,(H,42,44)/b14-11+/t26-,29-,32-,36-,37+,38+,39-/m0/s1. The van der Waals surface area contributed by atoms with E-state index < -0.39 is 16.4 Å². The second kappa shape index (κ2) is 10.1. The molecule has 7 atom stereocenters. The van der Waals surface area contributed by atoms with Gasteiger partial charge in [0.2, 0.25) is 11.6 Å². The zero-order chi connectivity index (χ0) is 32.8. The van der Waals surface area contributed by atoms with Crippen LogP contribution >= 0.6 is 0 Å². The lowest BCUT2D eigenvalue weighted by Crippen LogP contribution is -2.69. The Labute approximate surface area is 267 Å². The number of amides is 1. The molecule has 1 aromatic carbocycles. The van der Waals surface area contributed by atoms with E-state index in [1.54, 1.807) is 18.2 Å². The summed E-state index contributed by atoms with van der Waals surface area (Å²) in [5.74, 6) is -0.717. The molecule has 5 aliphatic carbocycles. The number of nitrogens with zero attached hydrogens (tertiary/aromatic N) is 1. The van der Waals surface area contributed by atoms with E-state index >= 15 is 0 Å². The lowest BCUT2D eigenvalue weighted by atomic mass is 9.35. The maximum absolute atomic E-state index is 14.7. The van der Waals surface area contributed by atoms with Crippen LogP contribution in [-0.2, 0) is 14.4 Å². The van der Waals surface area contributed by atoms with Gasteiger partial charge in [-0.3, -0.25) is 9.59 Å². The summed E-state index contributed by atoms with van der Waals surface area (Å²) >= 11 is 0. The van der Waals surface area contributed by atoms with Gasteiger partial charge in [-0.25, -0.2) is 9.24 Å². The monoisotopic (exact) mass is 610 g/mol. The molecule has 6 rings (SSSR count). The molecule has 0 bridgehead atoms. The van der Waals surface area contributed by atoms with Gasteiger partial charge in [-0.15, -0.1) is 0 Å². The van der Waals surface area contributed by atoms with E-state index in [9.17, 15) is 18.8 Å². The summed E-state index contributed by atoms with van der Waals surface area (Å²) in [7, 11) is 0. The van der Waals surface area contributed by atoms with Gasteiger partial charge in [-0.05, 0) is 103 Å². The number of nitrogens with one attached hydrogen (secondary N) is 1. The fourth-order valence-corrected chi connectivity index (χ4v) is 10.9. The van der Waals surface area contributed by atoms with Gasteiger partial charge in [-0.2, -0.15) is 0 Å². The maximum Gasteiger partial charge on any atom is 0.244 e. The second-order valence-electron chi connectivity index (χ2n) is 16.8. The number of ketones is 2. The van der Waals surface area contributed by atoms with Crippen LogP contribution in [-0.4, -0.2) is 23.0 Å². The van der Waals surface area contributed by atoms with Crippen molar-refractivity contribution in [3.8, 4) is 0 Å². The predicted molar refractivity (Wildman–Crippen MR) is 174 cm³/mol. The van der Waals surface area contributed by atoms with Crippen molar-refractivity contribution in [1.82, 2.24) is 5.32 Å². The van der Waals surface area contributed by atoms with Crippen molar-refractivity contribution < 1.29 is 18.8 Å². The number of halogens is 1. The molecule has 3 saturated carbocycles. The zero-order valence-corrected chi connectivity index (χ0v) is 27.9. The van der Waals surface area contributed by atoms with Gasteiger partial charge in [0.05, 0.1) is 6.57 Å². The minimum Gasteiger partial charge on any atom is -0.347 e. The SMILES string of the molecule is [C-]#[N+]C1=C[C@]2(C)C3=CC(=O)[C@@H]4[C@@H]5CC(C)(C)CC[C@]5(NC(=O)/C=C/c5ccc(F)cc5)CC[C@@]4(C)[C@]3(C)CC[C@H]2C(C)(C)C1=O. The quantitative estimate of drug-likeness (QED) is 0.277. The molecule has 0 heterocycles. The van der Waals surface area contributed by atoms with Crippen molar-refractivity contribution in [2.45, 2.75) is 99.0 Å². The molecule has 1 N–H and O–H groups in total. The van der Waals surface area contributed by atoms with Crippen LogP contribution in [0.2, 0.25) is 0 Å². The Hall–Kier alpha value is -3.33. The molecule has 1 amide bonds. The molecule has 1 aromatic rings. The Balaban J connectivity index is 1.41. The van der Waals surface area contributed by atoms with Crippen LogP contribution in [0.4, 0.5) is 4.39 Å². The summed E-state index contributed by atoms with van der Waals surface area (Å²) in [5, 5.41) is 3.44. The molecule has 0 aromatic heterocycles. The van der Waals surface area contributed by atoms with E-state index in [0.29, 0.717) is 0 Å². The van der Waals surface area contributed by atoms with Crippen molar-refractivity contribution in [3.05, 3.63) is 76.6 Å². The largest absolute Gasteiger partial charge is 0.347 e. The molecule has 0 spiro atoms. The summed E-state index contributed by atoms with van der Waals surface area (Å²) in [6, 6.07) is 6.06. The molecule has 45 heavy (non-hydrogen) atoms. The van der Waals surface area contributed by atoms with Gasteiger partial charge in [0.1, 0.15) is 5.82 Å². The molecule has 238 valence electrons. The van der Waals surface area contributed by atoms with E-state index in [4.69, 9.17) is 6.57 Å². The number of fused-ring (bicyclic) bond motifs is 7. The number of Topliss-reactive ketones (excluding diaryl/α,β-unsaturated/α-hetero) is 1. The highest BCUT2D eigenvalue weighted by atomic mass is 19.1. The van der Waals surface area contributed by atoms with E-state index in [1.165, 1.54) is 18.2 Å². The van der Waals surface area contributed by atoms with Crippen molar-refractivity contribution in [1.29, 1.82) is 0 Å². The molecule has 3 fully saturated rings. The highest BCUT2D eigenvalue weighted by molar-refractivity contribution is 6.03. The van der Waals surface area contributed by atoms with E-state index in [0.717, 1.165) is 56.1 Å². The molecule has 0 unspecified atom stereocenters. The Kier molecular flexibility index (Phi) is 7.09.